The molecular weight excluding hydrogens is 334 g/mol. The second-order valence-corrected chi connectivity index (χ2v) is 5.89. The lowest BCUT2D eigenvalue weighted by atomic mass is 10.1. The number of phenols is 1. The number of nitrogens with zero attached hydrogens (tertiary/aromatic N) is 1. The van der Waals surface area contributed by atoms with Gasteiger partial charge in [0.2, 0.25) is 0 Å². The van der Waals surface area contributed by atoms with Gasteiger partial charge >= 0.3 is 0 Å². The van der Waals surface area contributed by atoms with Crippen LogP contribution in [0.1, 0.15) is 18.5 Å². The van der Waals surface area contributed by atoms with Crippen LogP contribution < -0.4 is 0 Å². The van der Waals surface area contributed by atoms with Gasteiger partial charge in [0.05, 0.1) is 0 Å². The van der Waals surface area contributed by atoms with Crippen molar-refractivity contribution in [2.45, 2.75) is 22.8 Å². The Morgan fingerprint density at radius 3 is 2.40 bits per heavy atom. The molecule has 0 aromatic heterocycles. The number of halogens is 1. The summed E-state index contributed by atoms with van der Waals surface area (Å²) in [7, 11) is 4.17. The first-order chi connectivity index (χ1) is 9.08. The average molecular weight is 354 g/mol. The Hall–Kier alpha value is -0.970. The molecule has 108 valence electrons. The van der Waals surface area contributed by atoms with E-state index in [4.69, 9.17) is 0 Å². The first kappa shape index (κ1) is 17.1. The Morgan fingerprint density at radius 2 is 1.75 bits per heavy atom. The van der Waals surface area contributed by atoms with Gasteiger partial charge < -0.3 is 10.0 Å². The van der Waals surface area contributed by atoms with E-state index in [0.29, 0.717) is 11.8 Å². The summed E-state index contributed by atoms with van der Waals surface area (Å²) in [6.07, 6.45) is 0. The fourth-order valence-corrected chi connectivity index (χ4v) is 2.95. The second-order valence-electron chi connectivity index (χ2n) is 4.78. The third-order valence-electron chi connectivity index (χ3n) is 3.19. The van der Waals surface area contributed by atoms with Gasteiger partial charge in [-0.25, -0.2) is 0 Å². The van der Waals surface area contributed by atoms with E-state index < -0.39 is 0 Å². The van der Waals surface area contributed by atoms with E-state index in [0.717, 1.165) is 4.90 Å². The van der Waals surface area contributed by atoms with Gasteiger partial charge in [0.25, 0.3) is 0 Å². The molecule has 2 nitrogen and oxygen atoms in total. The van der Waals surface area contributed by atoms with Gasteiger partial charge in [-0.2, -0.15) is 0 Å². The van der Waals surface area contributed by atoms with Crippen molar-refractivity contribution in [3.05, 3.63) is 54.1 Å². The zero-order valence-electron chi connectivity index (χ0n) is 11.9. The van der Waals surface area contributed by atoms with Crippen LogP contribution >= 0.6 is 28.7 Å². The molecule has 20 heavy (non-hydrogen) atoms. The van der Waals surface area contributed by atoms with Gasteiger partial charge in [-0.1, -0.05) is 36.0 Å². The normalized spacial score (nSPS) is 12.0. The molecule has 4 heteroatoms. The first-order valence-electron chi connectivity index (χ1n) is 6.30. The molecule has 2 rings (SSSR count). The monoisotopic (exact) mass is 353 g/mol. The standard InChI is InChI=1S/C16H19NOS.BrH/c1-12(17(2)3)15-9-4-5-10-16(15)19-14-8-6-7-13(18)11-14;/h4-12,18H,1-3H3;1H. The molecule has 0 fully saturated rings. The summed E-state index contributed by atoms with van der Waals surface area (Å²) < 4.78 is 0. The Kier molecular flexibility index (Phi) is 6.59. The van der Waals surface area contributed by atoms with Gasteiger partial charge in [0.15, 0.2) is 0 Å². The van der Waals surface area contributed by atoms with Gasteiger partial charge in [-0.05, 0) is 50.8 Å². The molecule has 1 atom stereocenters. The molecule has 0 aliphatic carbocycles. The summed E-state index contributed by atoms with van der Waals surface area (Å²) in [6, 6.07) is 16.1. The number of phenolic OH excluding ortho intramolecular Hbond substituents is 1. The molecule has 0 aliphatic heterocycles. The molecule has 1 N–H and O–H groups in total. The summed E-state index contributed by atoms with van der Waals surface area (Å²) in [5.41, 5.74) is 1.31. The molecular formula is C16H20BrNOS. The Balaban J connectivity index is 0.00000200. The van der Waals surface area contributed by atoms with Gasteiger partial charge in [0.1, 0.15) is 5.75 Å². The topological polar surface area (TPSA) is 23.5 Å². The maximum Gasteiger partial charge on any atom is 0.116 e. The highest BCUT2D eigenvalue weighted by atomic mass is 79.9. The van der Waals surface area contributed by atoms with Crippen molar-refractivity contribution < 1.29 is 5.11 Å². The van der Waals surface area contributed by atoms with Crippen molar-refractivity contribution in [3.8, 4) is 5.75 Å². The summed E-state index contributed by atoms with van der Waals surface area (Å²) in [6.45, 7) is 2.20. The molecule has 0 saturated heterocycles. The molecule has 0 heterocycles. The van der Waals surface area contributed by atoms with Crippen LogP contribution in [0.4, 0.5) is 0 Å². The molecule has 0 spiro atoms. The highest BCUT2D eigenvalue weighted by molar-refractivity contribution is 8.93. The van der Waals surface area contributed by atoms with Crippen LogP contribution in [0, 0.1) is 0 Å². The van der Waals surface area contributed by atoms with E-state index >= 15 is 0 Å². The predicted octanol–water partition coefficient (Wildman–Crippen LogP) is 4.74. The Labute approximate surface area is 135 Å². The number of benzene rings is 2. The lowest BCUT2D eigenvalue weighted by molar-refractivity contribution is 0.317. The lowest BCUT2D eigenvalue weighted by Gasteiger charge is -2.22. The van der Waals surface area contributed by atoms with Crippen LogP contribution in [-0.2, 0) is 0 Å². The molecule has 0 aliphatic rings. The van der Waals surface area contributed by atoms with Crippen molar-refractivity contribution in [1.29, 1.82) is 0 Å². The van der Waals surface area contributed by atoms with E-state index in [1.165, 1.54) is 10.5 Å². The molecule has 1 unspecified atom stereocenters. The van der Waals surface area contributed by atoms with Crippen LogP contribution in [0.5, 0.6) is 5.75 Å². The van der Waals surface area contributed by atoms with Gasteiger partial charge in [-0.3, -0.25) is 0 Å². The van der Waals surface area contributed by atoms with Crippen LogP contribution in [0.3, 0.4) is 0 Å². The van der Waals surface area contributed by atoms with Crippen molar-refractivity contribution in [2.75, 3.05) is 14.1 Å². The minimum absolute atomic E-state index is 0. The molecule has 2 aromatic carbocycles. The second kappa shape index (κ2) is 7.72. The predicted molar refractivity (Wildman–Crippen MR) is 91.1 cm³/mol. The number of aromatic hydroxyl groups is 1. The molecule has 0 bridgehead atoms. The fraction of sp³-hybridized carbons (Fsp3) is 0.250. The minimum Gasteiger partial charge on any atom is -0.508 e. The SMILES string of the molecule is Br.CC(c1ccccc1Sc1cccc(O)c1)N(C)C. The number of hydrogen-bond donors (Lipinski definition) is 1. The maximum absolute atomic E-state index is 9.54. The van der Waals surface area contributed by atoms with Crippen molar-refractivity contribution >= 4 is 28.7 Å². The smallest absolute Gasteiger partial charge is 0.116 e. The van der Waals surface area contributed by atoms with Crippen molar-refractivity contribution in [2.24, 2.45) is 0 Å². The summed E-state index contributed by atoms with van der Waals surface area (Å²) in [4.78, 5) is 4.48. The minimum atomic E-state index is 0. The largest absolute Gasteiger partial charge is 0.508 e. The highest BCUT2D eigenvalue weighted by Crippen LogP contribution is 2.35. The van der Waals surface area contributed by atoms with Gasteiger partial charge in [0, 0.05) is 15.8 Å². The number of rotatable bonds is 4. The van der Waals surface area contributed by atoms with E-state index in [9.17, 15) is 5.11 Å². The van der Waals surface area contributed by atoms with Crippen LogP contribution in [0.25, 0.3) is 0 Å². The third-order valence-corrected chi connectivity index (χ3v) is 4.27. The third kappa shape index (κ3) is 4.27. The average Bonchev–Trinajstić information content (AvgIpc) is 2.38. The Bertz CT molecular complexity index is 560. The fourth-order valence-electron chi connectivity index (χ4n) is 1.87. The summed E-state index contributed by atoms with van der Waals surface area (Å²) in [5.74, 6) is 0.308. The zero-order chi connectivity index (χ0) is 13.8. The van der Waals surface area contributed by atoms with Crippen molar-refractivity contribution in [3.63, 3.8) is 0 Å². The zero-order valence-corrected chi connectivity index (χ0v) is 14.4. The molecule has 0 saturated carbocycles. The molecule has 2 aromatic rings. The molecule has 0 amide bonds. The van der Waals surface area contributed by atoms with Crippen LogP contribution in [0.15, 0.2) is 58.3 Å². The van der Waals surface area contributed by atoms with Crippen LogP contribution in [0.2, 0.25) is 0 Å². The lowest BCUT2D eigenvalue weighted by Crippen LogP contribution is -2.17. The van der Waals surface area contributed by atoms with E-state index in [2.05, 4.69) is 50.2 Å². The van der Waals surface area contributed by atoms with E-state index in [1.807, 2.05) is 12.1 Å². The van der Waals surface area contributed by atoms with E-state index in [-0.39, 0.29) is 17.0 Å². The molecule has 0 radical (unpaired) electrons. The maximum atomic E-state index is 9.54. The number of hydrogen-bond acceptors (Lipinski definition) is 3. The van der Waals surface area contributed by atoms with Crippen molar-refractivity contribution in [1.82, 2.24) is 4.90 Å². The van der Waals surface area contributed by atoms with Gasteiger partial charge in [-0.15, -0.1) is 17.0 Å². The highest BCUT2D eigenvalue weighted by Gasteiger charge is 2.12. The quantitative estimate of drug-likeness (QED) is 0.858. The summed E-state index contributed by atoms with van der Waals surface area (Å²) in [5, 5.41) is 9.54. The Morgan fingerprint density at radius 1 is 1.05 bits per heavy atom. The first-order valence-corrected chi connectivity index (χ1v) is 7.12. The van der Waals surface area contributed by atoms with Crippen LogP contribution in [-0.4, -0.2) is 24.1 Å². The summed E-state index contributed by atoms with van der Waals surface area (Å²) >= 11 is 1.69. The van der Waals surface area contributed by atoms with E-state index in [1.54, 1.807) is 23.9 Å².